The van der Waals surface area contributed by atoms with Crippen molar-refractivity contribution in [1.82, 2.24) is 9.97 Å². The third-order valence-electron chi connectivity index (χ3n) is 6.74. The quantitative estimate of drug-likeness (QED) is 0.313. The molecule has 1 saturated carbocycles. The van der Waals surface area contributed by atoms with E-state index in [1.807, 2.05) is 0 Å². The fraction of sp³-hybridized carbons (Fsp3) is 0.357. The van der Waals surface area contributed by atoms with Gasteiger partial charge < -0.3 is 0 Å². The van der Waals surface area contributed by atoms with Crippen molar-refractivity contribution < 1.29 is 26.3 Å². The van der Waals surface area contributed by atoms with Gasteiger partial charge in [-0.2, -0.15) is 13.2 Å². The van der Waals surface area contributed by atoms with Crippen LogP contribution in [0.1, 0.15) is 62.5 Å². The molecule has 1 aliphatic rings. The normalized spacial score (nSPS) is 18.6. The Morgan fingerprint density at radius 2 is 1.47 bits per heavy atom. The molecule has 36 heavy (non-hydrogen) atoms. The van der Waals surface area contributed by atoms with Crippen molar-refractivity contribution in [1.29, 1.82) is 0 Å². The molecule has 0 amide bonds. The molecule has 0 spiro atoms. The van der Waals surface area contributed by atoms with Gasteiger partial charge >= 0.3 is 6.18 Å². The van der Waals surface area contributed by atoms with Crippen LogP contribution in [0.25, 0.3) is 28.6 Å². The molecule has 8 heteroatoms. The number of hydrogen-bond donors (Lipinski definition) is 0. The van der Waals surface area contributed by atoms with Crippen LogP contribution < -0.4 is 0 Å². The Morgan fingerprint density at radius 3 is 2.03 bits per heavy atom. The van der Waals surface area contributed by atoms with Crippen molar-refractivity contribution >= 4 is 6.08 Å². The number of rotatable bonds is 6. The van der Waals surface area contributed by atoms with E-state index < -0.39 is 29.2 Å². The lowest BCUT2D eigenvalue weighted by atomic mass is 9.78. The van der Waals surface area contributed by atoms with Crippen LogP contribution in [0.15, 0.2) is 48.8 Å². The largest absolute Gasteiger partial charge is 0.409 e. The van der Waals surface area contributed by atoms with E-state index in [9.17, 15) is 26.3 Å². The lowest BCUT2D eigenvalue weighted by Gasteiger charge is -2.28. The van der Waals surface area contributed by atoms with E-state index in [1.54, 1.807) is 12.4 Å². The second-order valence-corrected chi connectivity index (χ2v) is 9.27. The van der Waals surface area contributed by atoms with Gasteiger partial charge in [0.15, 0.2) is 5.82 Å². The molecule has 0 bridgehead atoms. The van der Waals surface area contributed by atoms with Crippen molar-refractivity contribution in [3.05, 3.63) is 77.4 Å². The Morgan fingerprint density at radius 1 is 0.861 bits per heavy atom. The van der Waals surface area contributed by atoms with Gasteiger partial charge in [-0.15, -0.1) is 0 Å². The van der Waals surface area contributed by atoms with Gasteiger partial charge in [0.2, 0.25) is 0 Å². The summed E-state index contributed by atoms with van der Waals surface area (Å²) in [6.07, 6.45) is 5.98. The van der Waals surface area contributed by atoms with Gasteiger partial charge in [0.05, 0.1) is 0 Å². The summed E-state index contributed by atoms with van der Waals surface area (Å²) in [5.41, 5.74) is 0.397. The number of hydrogen-bond acceptors (Lipinski definition) is 2. The standard InChI is InChI=1S/C28H26F6N2/c1-2-3-17-4-6-18(7-5-17)21-15-35-27(36-16-21)19-8-9-22(24(29)12-19)20-13-25(30)23(26(31)14-20)10-11-28(32,33)34/h8-18H,2-7H2,1H3/b11-10+. The monoisotopic (exact) mass is 504 g/mol. The van der Waals surface area contributed by atoms with Gasteiger partial charge in [0, 0.05) is 35.2 Å². The molecule has 1 fully saturated rings. The van der Waals surface area contributed by atoms with Crippen LogP contribution in [-0.4, -0.2) is 16.1 Å². The molecule has 1 heterocycles. The van der Waals surface area contributed by atoms with Crippen molar-refractivity contribution in [2.45, 2.75) is 57.5 Å². The summed E-state index contributed by atoms with van der Waals surface area (Å²) in [6.45, 7) is 2.21. The first-order chi connectivity index (χ1) is 17.1. The first-order valence-electron chi connectivity index (χ1n) is 12.0. The first-order valence-corrected chi connectivity index (χ1v) is 12.0. The van der Waals surface area contributed by atoms with Crippen molar-refractivity contribution in [2.24, 2.45) is 5.92 Å². The van der Waals surface area contributed by atoms with E-state index in [0.29, 0.717) is 23.4 Å². The van der Waals surface area contributed by atoms with Gasteiger partial charge in [-0.25, -0.2) is 23.1 Å². The summed E-state index contributed by atoms with van der Waals surface area (Å²) < 4.78 is 80.5. The maximum atomic E-state index is 14.9. The maximum absolute atomic E-state index is 14.9. The second kappa shape index (κ2) is 10.8. The van der Waals surface area contributed by atoms with Crippen molar-refractivity contribution in [3.63, 3.8) is 0 Å². The molecule has 0 atom stereocenters. The van der Waals surface area contributed by atoms with Gasteiger partial charge in [0.25, 0.3) is 0 Å². The number of benzene rings is 2. The van der Waals surface area contributed by atoms with E-state index in [4.69, 9.17) is 0 Å². The van der Waals surface area contributed by atoms with Gasteiger partial charge in [-0.1, -0.05) is 31.9 Å². The Bertz CT molecular complexity index is 1200. The third-order valence-corrected chi connectivity index (χ3v) is 6.74. The highest BCUT2D eigenvalue weighted by molar-refractivity contribution is 5.70. The number of nitrogens with zero attached hydrogens (tertiary/aromatic N) is 2. The van der Waals surface area contributed by atoms with Crippen LogP contribution in [0.2, 0.25) is 0 Å². The molecule has 0 saturated heterocycles. The van der Waals surface area contributed by atoms with Crippen LogP contribution in [0, 0.1) is 23.4 Å². The van der Waals surface area contributed by atoms with E-state index in [2.05, 4.69) is 16.9 Å². The zero-order chi connectivity index (χ0) is 25.9. The molecule has 4 rings (SSSR count). The minimum atomic E-state index is -4.71. The van der Waals surface area contributed by atoms with E-state index in [1.165, 1.54) is 43.9 Å². The molecule has 3 aromatic rings. The van der Waals surface area contributed by atoms with Crippen LogP contribution >= 0.6 is 0 Å². The SMILES string of the molecule is CCCC1CCC(c2cnc(-c3ccc(-c4cc(F)c(/C=C/C(F)(F)F)c(F)c4)c(F)c3)nc2)CC1. The lowest BCUT2D eigenvalue weighted by molar-refractivity contribution is -0.0790. The van der Waals surface area contributed by atoms with Crippen LogP contribution in [-0.2, 0) is 0 Å². The summed E-state index contributed by atoms with van der Waals surface area (Å²) in [5.74, 6) is -1.67. The summed E-state index contributed by atoms with van der Waals surface area (Å²) >= 11 is 0. The fourth-order valence-electron chi connectivity index (χ4n) is 4.86. The molecule has 0 unspecified atom stereocenters. The molecule has 1 aromatic heterocycles. The molecule has 0 radical (unpaired) electrons. The molecule has 2 aromatic carbocycles. The topological polar surface area (TPSA) is 25.8 Å². The molecule has 0 N–H and O–H groups in total. The summed E-state index contributed by atoms with van der Waals surface area (Å²) in [6, 6.07) is 5.66. The first kappa shape index (κ1) is 25.9. The second-order valence-electron chi connectivity index (χ2n) is 9.27. The molecular formula is C28H26F6N2. The zero-order valence-electron chi connectivity index (χ0n) is 19.8. The van der Waals surface area contributed by atoms with E-state index in [-0.39, 0.29) is 17.2 Å². The highest BCUT2D eigenvalue weighted by Gasteiger charge is 2.24. The Hall–Kier alpha value is -3.16. The smallest absolute Gasteiger partial charge is 0.236 e. The minimum Gasteiger partial charge on any atom is -0.236 e. The lowest BCUT2D eigenvalue weighted by Crippen LogP contribution is -2.13. The van der Waals surface area contributed by atoms with Crippen molar-refractivity contribution in [3.8, 4) is 22.5 Å². The Labute approximate surface area is 206 Å². The van der Waals surface area contributed by atoms with Gasteiger partial charge in [-0.3, -0.25) is 0 Å². The molecular weight excluding hydrogens is 478 g/mol. The summed E-state index contributed by atoms with van der Waals surface area (Å²) in [4.78, 5) is 8.81. The molecule has 190 valence electrons. The minimum absolute atomic E-state index is 0.0941. The predicted octanol–water partition coefficient (Wildman–Crippen LogP) is 8.88. The summed E-state index contributed by atoms with van der Waals surface area (Å²) in [5, 5.41) is 0. The number of alkyl halides is 3. The number of halogens is 6. The fourth-order valence-corrected chi connectivity index (χ4v) is 4.86. The number of allylic oxidation sites excluding steroid dienone is 1. The molecule has 0 aliphatic heterocycles. The third kappa shape index (κ3) is 6.15. The highest BCUT2D eigenvalue weighted by atomic mass is 19.4. The Kier molecular flexibility index (Phi) is 7.81. The Balaban J connectivity index is 1.51. The van der Waals surface area contributed by atoms with E-state index in [0.717, 1.165) is 36.5 Å². The zero-order valence-corrected chi connectivity index (χ0v) is 19.8. The van der Waals surface area contributed by atoms with E-state index >= 15 is 0 Å². The average Bonchev–Trinajstić information content (AvgIpc) is 2.83. The molecule has 2 nitrogen and oxygen atoms in total. The summed E-state index contributed by atoms with van der Waals surface area (Å²) in [7, 11) is 0. The predicted molar refractivity (Wildman–Crippen MR) is 127 cm³/mol. The maximum Gasteiger partial charge on any atom is 0.409 e. The molecule has 1 aliphatic carbocycles. The highest BCUT2D eigenvalue weighted by Crippen LogP contribution is 2.37. The van der Waals surface area contributed by atoms with Gasteiger partial charge in [-0.05, 0) is 72.9 Å². The van der Waals surface area contributed by atoms with Crippen LogP contribution in [0.3, 0.4) is 0 Å². The average molecular weight is 505 g/mol. The van der Waals surface area contributed by atoms with Gasteiger partial charge in [0.1, 0.15) is 17.5 Å². The van der Waals surface area contributed by atoms with Crippen molar-refractivity contribution in [2.75, 3.05) is 0 Å². The van der Waals surface area contributed by atoms with Crippen LogP contribution in [0.4, 0.5) is 26.3 Å². The van der Waals surface area contributed by atoms with Crippen LogP contribution in [0.5, 0.6) is 0 Å². The number of aromatic nitrogens is 2.